The molecule has 1 aromatic carbocycles. The van der Waals surface area contributed by atoms with E-state index in [0.29, 0.717) is 0 Å². The Kier molecular flexibility index (Phi) is 2.76. The molecule has 0 bridgehead atoms. The fourth-order valence-corrected chi connectivity index (χ4v) is 2.68. The van der Waals surface area contributed by atoms with Gasteiger partial charge in [-0.2, -0.15) is 0 Å². The van der Waals surface area contributed by atoms with Crippen molar-refractivity contribution in [3.8, 4) is 0 Å². The first-order chi connectivity index (χ1) is 8.75. The average molecular weight is 258 g/mol. The topological polar surface area (TPSA) is 42.7 Å². The summed E-state index contributed by atoms with van der Waals surface area (Å²) in [6.45, 7) is 2.80. The summed E-state index contributed by atoms with van der Waals surface area (Å²) in [5.74, 6) is 0.893. The first-order valence-corrected chi connectivity index (χ1v) is 6.68. The molecule has 0 unspecified atom stereocenters. The number of thiazole rings is 1. The summed E-state index contributed by atoms with van der Waals surface area (Å²) in [6.07, 6.45) is 0. The van der Waals surface area contributed by atoms with E-state index in [1.54, 1.807) is 11.3 Å². The molecular weight excluding hydrogens is 244 g/mol. The molecule has 0 saturated carbocycles. The van der Waals surface area contributed by atoms with Crippen molar-refractivity contribution in [3.05, 3.63) is 40.3 Å². The summed E-state index contributed by atoms with van der Waals surface area (Å²) >= 11 is 1.67. The van der Waals surface area contributed by atoms with Crippen molar-refractivity contribution in [2.24, 2.45) is 7.05 Å². The number of rotatable bonds is 3. The molecule has 18 heavy (non-hydrogen) atoms. The zero-order valence-electron chi connectivity index (χ0n) is 10.3. The second-order valence-electron chi connectivity index (χ2n) is 4.20. The molecule has 0 aliphatic heterocycles. The van der Waals surface area contributed by atoms with Gasteiger partial charge in [0.15, 0.2) is 0 Å². The van der Waals surface area contributed by atoms with Crippen LogP contribution in [-0.2, 0) is 13.6 Å². The molecule has 5 heteroatoms. The molecule has 3 aromatic rings. The molecule has 0 atom stereocenters. The van der Waals surface area contributed by atoms with Crippen molar-refractivity contribution >= 4 is 28.3 Å². The van der Waals surface area contributed by atoms with Gasteiger partial charge in [-0.3, -0.25) is 0 Å². The zero-order valence-corrected chi connectivity index (χ0v) is 11.2. The number of hydrogen-bond acceptors (Lipinski definition) is 4. The molecule has 0 amide bonds. The molecule has 4 nitrogen and oxygen atoms in total. The summed E-state index contributed by atoms with van der Waals surface area (Å²) in [6, 6.07) is 8.14. The molecule has 3 rings (SSSR count). The van der Waals surface area contributed by atoms with Crippen molar-refractivity contribution in [3.63, 3.8) is 0 Å². The van der Waals surface area contributed by atoms with Gasteiger partial charge in [0.25, 0.3) is 0 Å². The van der Waals surface area contributed by atoms with Gasteiger partial charge in [0.05, 0.1) is 28.8 Å². The molecule has 92 valence electrons. The lowest BCUT2D eigenvalue weighted by Crippen LogP contribution is -2.04. The maximum Gasteiger partial charge on any atom is 0.203 e. The Morgan fingerprint density at radius 1 is 1.33 bits per heavy atom. The zero-order chi connectivity index (χ0) is 12.5. The molecule has 2 aromatic heterocycles. The highest BCUT2D eigenvalue weighted by Crippen LogP contribution is 2.19. The molecule has 0 aliphatic rings. The van der Waals surface area contributed by atoms with Gasteiger partial charge in [0.2, 0.25) is 5.95 Å². The lowest BCUT2D eigenvalue weighted by atomic mass is 10.3. The highest BCUT2D eigenvalue weighted by molar-refractivity contribution is 7.09. The second kappa shape index (κ2) is 4.42. The summed E-state index contributed by atoms with van der Waals surface area (Å²) in [7, 11) is 2.02. The number of nitrogens with one attached hydrogen (secondary N) is 1. The van der Waals surface area contributed by atoms with E-state index < -0.39 is 0 Å². The monoisotopic (exact) mass is 258 g/mol. The average Bonchev–Trinajstić information content (AvgIpc) is 2.92. The SMILES string of the molecule is Cc1ncsc1CNc1nc2ccccc2n1C. The molecule has 0 spiro atoms. The molecule has 2 heterocycles. The van der Waals surface area contributed by atoms with Crippen molar-refractivity contribution < 1.29 is 0 Å². The molecule has 0 saturated heterocycles. The maximum absolute atomic E-state index is 4.58. The minimum atomic E-state index is 0.771. The fourth-order valence-electron chi connectivity index (χ4n) is 1.96. The minimum Gasteiger partial charge on any atom is -0.351 e. The van der Waals surface area contributed by atoms with E-state index >= 15 is 0 Å². The number of anilines is 1. The van der Waals surface area contributed by atoms with Crippen LogP contribution in [0.25, 0.3) is 11.0 Å². The van der Waals surface area contributed by atoms with Gasteiger partial charge in [0, 0.05) is 11.9 Å². The summed E-state index contributed by atoms with van der Waals surface area (Å²) in [4.78, 5) is 10.1. The van der Waals surface area contributed by atoms with Crippen molar-refractivity contribution in [2.75, 3.05) is 5.32 Å². The van der Waals surface area contributed by atoms with Crippen LogP contribution in [0.1, 0.15) is 10.6 Å². The van der Waals surface area contributed by atoms with E-state index in [0.717, 1.165) is 29.2 Å². The third-order valence-corrected chi connectivity index (χ3v) is 3.97. The summed E-state index contributed by atoms with van der Waals surface area (Å²) in [5, 5.41) is 3.37. The van der Waals surface area contributed by atoms with Gasteiger partial charge in [0.1, 0.15) is 0 Å². The number of para-hydroxylation sites is 2. The number of fused-ring (bicyclic) bond motifs is 1. The largest absolute Gasteiger partial charge is 0.351 e. The summed E-state index contributed by atoms with van der Waals surface area (Å²) < 4.78 is 2.08. The van der Waals surface area contributed by atoms with Gasteiger partial charge in [-0.15, -0.1) is 11.3 Å². The first kappa shape index (κ1) is 11.2. The van der Waals surface area contributed by atoms with Crippen LogP contribution < -0.4 is 5.32 Å². The highest BCUT2D eigenvalue weighted by Gasteiger charge is 2.07. The van der Waals surface area contributed by atoms with Crippen molar-refractivity contribution in [2.45, 2.75) is 13.5 Å². The standard InChI is InChI=1S/C13H14N4S/c1-9-12(18-8-15-9)7-14-13-16-10-5-3-4-6-11(10)17(13)2/h3-6,8H,7H2,1-2H3,(H,14,16). The third kappa shape index (κ3) is 1.86. The smallest absolute Gasteiger partial charge is 0.203 e. The van der Waals surface area contributed by atoms with Crippen LogP contribution in [-0.4, -0.2) is 14.5 Å². The molecular formula is C13H14N4S. The van der Waals surface area contributed by atoms with Crippen molar-refractivity contribution in [1.29, 1.82) is 0 Å². The quantitative estimate of drug-likeness (QED) is 0.785. The Morgan fingerprint density at radius 2 is 2.17 bits per heavy atom. The van der Waals surface area contributed by atoms with Crippen LogP contribution >= 0.6 is 11.3 Å². The number of aromatic nitrogens is 3. The van der Waals surface area contributed by atoms with Crippen LogP contribution in [0.5, 0.6) is 0 Å². The molecule has 0 radical (unpaired) electrons. The van der Waals surface area contributed by atoms with Crippen LogP contribution in [0.15, 0.2) is 29.8 Å². The Labute approximate surface area is 109 Å². The van der Waals surface area contributed by atoms with Gasteiger partial charge in [-0.1, -0.05) is 12.1 Å². The Bertz CT molecular complexity index is 683. The van der Waals surface area contributed by atoms with E-state index in [1.165, 1.54) is 4.88 Å². The van der Waals surface area contributed by atoms with E-state index in [1.807, 2.05) is 37.7 Å². The lowest BCUT2D eigenvalue weighted by molar-refractivity contribution is 0.928. The van der Waals surface area contributed by atoms with Gasteiger partial charge in [-0.05, 0) is 19.1 Å². The number of nitrogens with zero attached hydrogens (tertiary/aromatic N) is 3. The van der Waals surface area contributed by atoms with Crippen LogP contribution in [0, 0.1) is 6.92 Å². The van der Waals surface area contributed by atoms with E-state index in [2.05, 4.69) is 25.9 Å². The molecule has 0 fully saturated rings. The summed E-state index contributed by atoms with van der Waals surface area (Å²) in [5.41, 5.74) is 5.12. The molecule has 0 aliphatic carbocycles. The van der Waals surface area contributed by atoms with E-state index in [4.69, 9.17) is 0 Å². The number of imidazole rings is 1. The van der Waals surface area contributed by atoms with E-state index in [-0.39, 0.29) is 0 Å². The van der Waals surface area contributed by atoms with E-state index in [9.17, 15) is 0 Å². The highest BCUT2D eigenvalue weighted by atomic mass is 32.1. The van der Waals surface area contributed by atoms with Crippen LogP contribution in [0.3, 0.4) is 0 Å². The number of aryl methyl sites for hydroxylation is 2. The Balaban J connectivity index is 1.87. The van der Waals surface area contributed by atoms with Gasteiger partial charge in [-0.25, -0.2) is 9.97 Å². The Morgan fingerprint density at radius 3 is 2.89 bits per heavy atom. The van der Waals surface area contributed by atoms with Crippen LogP contribution in [0.4, 0.5) is 5.95 Å². The molecule has 1 N–H and O–H groups in total. The number of hydrogen-bond donors (Lipinski definition) is 1. The van der Waals surface area contributed by atoms with Gasteiger partial charge < -0.3 is 9.88 Å². The predicted molar refractivity (Wildman–Crippen MR) is 74.9 cm³/mol. The predicted octanol–water partition coefficient (Wildman–Crippen LogP) is 2.95. The lowest BCUT2D eigenvalue weighted by Gasteiger charge is -2.05. The first-order valence-electron chi connectivity index (χ1n) is 5.80. The fraction of sp³-hybridized carbons (Fsp3) is 0.231. The van der Waals surface area contributed by atoms with Crippen molar-refractivity contribution in [1.82, 2.24) is 14.5 Å². The number of benzene rings is 1. The Hall–Kier alpha value is -1.88. The maximum atomic E-state index is 4.58. The van der Waals surface area contributed by atoms with Crippen LogP contribution in [0.2, 0.25) is 0 Å². The normalized spacial score (nSPS) is 11.0. The third-order valence-electron chi connectivity index (χ3n) is 3.04. The second-order valence-corrected chi connectivity index (χ2v) is 5.14. The van der Waals surface area contributed by atoms with Gasteiger partial charge >= 0.3 is 0 Å². The minimum absolute atomic E-state index is 0.771.